The number of amides is 2. The van der Waals surface area contributed by atoms with Crippen molar-refractivity contribution in [2.75, 3.05) is 0 Å². The van der Waals surface area contributed by atoms with E-state index in [9.17, 15) is 9.59 Å². The highest BCUT2D eigenvalue weighted by molar-refractivity contribution is 5.87. The third kappa shape index (κ3) is 2.47. The SMILES string of the molecule is NC(=O)CC1(C(N)=O)CCCCCC1. The molecule has 0 spiro atoms. The largest absolute Gasteiger partial charge is 0.370 e. The molecule has 0 aromatic rings. The molecule has 1 aliphatic carbocycles. The first-order chi connectivity index (χ1) is 6.57. The average Bonchev–Trinajstić information content (AvgIpc) is 2.29. The zero-order chi connectivity index (χ0) is 10.6. The summed E-state index contributed by atoms with van der Waals surface area (Å²) in [6.45, 7) is 0. The van der Waals surface area contributed by atoms with E-state index in [1.807, 2.05) is 0 Å². The quantitative estimate of drug-likeness (QED) is 0.653. The summed E-state index contributed by atoms with van der Waals surface area (Å²) >= 11 is 0. The number of nitrogens with two attached hydrogens (primary N) is 2. The van der Waals surface area contributed by atoms with Crippen LogP contribution in [0.3, 0.4) is 0 Å². The van der Waals surface area contributed by atoms with Crippen LogP contribution in [0.25, 0.3) is 0 Å². The van der Waals surface area contributed by atoms with Crippen molar-refractivity contribution in [1.82, 2.24) is 0 Å². The summed E-state index contributed by atoms with van der Waals surface area (Å²) in [4.78, 5) is 22.3. The first-order valence-electron chi connectivity index (χ1n) is 5.15. The fourth-order valence-corrected chi connectivity index (χ4v) is 2.25. The predicted octanol–water partition coefficient (Wildman–Crippen LogP) is 0.688. The molecule has 4 N–H and O–H groups in total. The van der Waals surface area contributed by atoms with Gasteiger partial charge in [-0.15, -0.1) is 0 Å². The van der Waals surface area contributed by atoms with Crippen molar-refractivity contribution in [2.45, 2.75) is 44.9 Å². The molecule has 0 radical (unpaired) electrons. The van der Waals surface area contributed by atoms with Gasteiger partial charge in [-0.25, -0.2) is 0 Å². The fourth-order valence-electron chi connectivity index (χ4n) is 2.25. The van der Waals surface area contributed by atoms with Crippen molar-refractivity contribution in [3.8, 4) is 0 Å². The Bertz CT molecular complexity index is 230. The maximum absolute atomic E-state index is 11.4. The van der Waals surface area contributed by atoms with Gasteiger partial charge in [0.25, 0.3) is 0 Å². The average molecular weight is 198 g/mol. The second-order valence-electron chi connectivity index (χ2n) is 4.20. The van der Waals surface area contributed by atoms with E-state index < -0.39 is 11.3 Å². The summed E-state index contributed by atoms with van der Waals surface area (Å²) in [6, 6.07) is 0. The number of rotatable bonds is 3. The Labute approximate surface area is 84.0 Å². The van der Waals surface area contributed by atoms with Crippen molar-refractivity contribution >= 4 is 11.8 Å². The molecule has 0 atom stereocenters. The Balaban J connectivity index is 2.77. The van der Waals surface area contributed by atoms with Gasteiger partial charge >= 0.3 is 0 Å². The van der Waals surface area contributed by atoms with Crippen molar-refractivity contribution < 1.29 is 9.59 Å². The molecule has 1 rings (SSSR count). The van der Waals surface area contributed by atoms with E-state index >= 15 is 0 Å². The fraction of sp³-hybridized carbons (Fsp3) is 0.800. The molecule has 0 aromatic carbocycles. The predicted molar refractivity (Wildman–Crippen MR) is 53.1 cm³/mol. The topological polar surface area (TPSA) is 86.2 Å². The highest BCUT2D eigenvalue weighted by Gasteiger charge is 2.38. The van der Waals surface area contributed by atoms with Gasteiger partial charge in [0.1, 0.15) is 0 Å². The minimum absolute atomic E-state index is 0.113. The summed E-state index contributed by atoms with van der Waals surface area (Å²) in [5.74, 6) is -0.788. The van der Waals surface area contributed by atoms with Gasteiger partial charge in [0.15, 0.2) is 0 Å². The van der Waals surface area contributed by atoms with Crippen molar-refractivity contribution in [3.63, 3.8) is 0 Å². The lowest BCUT2D eigenvalue weighted by Gasteiger charge is -2.27. The number of primary amides is 2. The Morgan fingerprint density at radius 2 is 1.50 bits per heavy atom. The van der Waals surface area contributed by atoms with Gasteiger partial charge in [-0.2, -0.15) is 0 Å². The highest BCUT2D eigenvalue weighted by atomic mass is 16.2. The van der Waals surface area contributed by atoms with Gasteiger partial charge in [0.05, 0.1) is 5.41 Å². The molecule has 0 heterocycles. The lowest BCUT2D eigenvalue weighted by Crippen LogP contribution is -2.40. The number of hydrogen-bond donors (Lipinski definition) is 2. The summed E-state index contributed by atoms with van der Waals surface area (Å²) in [6.07, 6.45) is 5.72. The molecule has 2 amide bonds. The van der Waals surface area contributed by atoms with E-state index in [2.05, 4.69) is 0 Å². The minimum Gasteiger partial charge on any atom is -0.370 e. The van der Waals surface area contributed by atoms with Crippen LogP contribution in [0.1, 0.15) is 44.9 Å². The molecule has 0 saturated heterocycles. The summed E-state index contributed by atoms with van der Waals surface area (Å²) in [7, 11) is 0. The molecule has 14 heavy (non-hydrogen) atoms. The smallest absolute Gasteiger partial charge is 0.224 e. The molecule has 4 heteroatoms. The number of hydrogen-bond acceptors (Lipinski definition) is 2. The van der Waals surface area contributed by atoms with Crippen molar-refractivity contribution in [3.05, 3.63) is 0 Å². The molecule has 80 valence electrons. The summed E-state index contributed by atoms with van der Waals surface area (Å²) in [5.41, 5.74) is 9.87. The lowest BCUT2D eigenvalue weighted by molar-refractivity contribution is -0.133. The first kappa shape index (κ1) is 11.0. The Hall–Kier alpha value is -1.06. The third-order valence-electron chi connectivity index (χ3n) is 3.10. The Kier molecular flexibility index (Phi) is 3.49. The van der Waals surface area contributed by atoms with Gasteiger partial charge in [0, 0.05) is 6.42 Å². The van der Waals surface area contributed by atoms with E-state index in [0.29, 0.717) is 12.8 Å². The van der Waals surface area contributed by atoms with Crippen LogP contribution in [0.15, 0.2) is 0 Å². The molecule has 4 nitrogen and oxygen atoms in total. The second-order valence-corrected chi connectivity index (χ2v) is 4.20. The monoisotopic (exact) mass is 198 g/mol. The molecular weight excluding hydrogens is 180 g/mol. The van der Waals surface area contributed by atoms with Crippen LogP contribution in [-0.2, 0) is 9.59 Å². The molecule has 1 saturated carbocycles. The molecular formula is C10H18N2O2. The van der Waals surface area contributed by atoms with Crippen LogP contribution in [0.2, 0.25) is 0 Å². The van der Waals surface area contributed by atoms with E-state index in [-0.39, 0.29) is 12.3 Å². The minimum atomic E-state index is -0.650. The Morgan fingerprint density at radius 3 is 1.86 bits per heavy atom. The molecule has 1 aliphatic rings. The first-order valence-corrected chi connectivity index (χ1v) is 5.15. The number of carbonyl (C=O) groups excluding carboxylic acids is 2. The van der Waals surface area contributed by atoms with Crippen LogP contribution in [0, 0.1) is 5.41 Å². The van der Waals surface area contributed by atoms with E-state index in [1.54, 1.807) is 0 Å². The van der Waals surface area contributed by atoms with Gasteiger partial charge < -0.3 is 11.5 Å². The van der Waals surface area contributed by atoms with Crippen LogP contribution in [0.4, 0.5) is 0 Å². The maximum atomic E-state index is 11.4. The molecule has 0 aromatic heterocycles. The molecule has 0 bridgehead atoms. The summed E-state index contributed by atoms with van der Waals surface area (Å²) < 4.78 is 0. The van der Waals surface area contributed by atoms with Crippen LogP contribution < -0.4 is 11.5 Å². The van der Waals surface area contributed by atoms with Crippen molar-refractivity contribution in [1.29, 1.82) is 0 Å². The van der Waals surface area contributed by atoms with E-state index in [1.165, 1.54) is 0 Å². The standard InChI is InChI=1S/C10H18N2O2/c11-8(13)7-10(9(12)14)5-3-1-2-4-6-10/h1-7H2,(H2,11,13)(H2,12,14). The zero-order valence-electron chi connectivity index (χ0n) is 8.42. The van der Waals surface area contributed by atoms with Gasteiger partial charge in [-0.05, 0) is 12.8 Å². The molecule has 0 unspecified atom stereocenters. The zero-order valence-corrected chi connectivity index (χ0v) is 8.42. The van der Waals surface area contributed by atoms with E-state index in [4.69, 9.17) is 11.5 Å². The third-order valence-corrected chi connectivity index (χ3v) is 3.10. The molecule has 1 fully saturated rings. The summed E-state index contributed by atoms with van der Waals surface area (Å²) in [5, 5.41) is 0. The highest BCUT2D eigenvalue weighted by Crippen LogP contribution is 2.37. The van der Waals surface area contributed by atoms with Crippen LogP contribution in [0.5, 0.6) is 0 Å². The lowest BCUT2D eigenvalue weighted by atomic mass is 9.76. The number of carbonyl (C=O) groups is 2. The van der Waals surface area contributed by atoms with Crippen LogP contribution in [-0.4, -0.2) is 11.8 Å². The van der Waals surface area contributed by atoms with Crippen LogP contribution >= 0.6 is 0 Å². The molecule has 0 aliphatic heterocycles. The normalized spacial score (nSPS) is 21.1. The Morgan fingerprint density at radius 1 is 1.00 bits per heavy atom. The van der Waals surface area contributed by atoms with Gasteiger partial charge in [-0.1, -0.05) is 25.7 Å². The van der Waals surface area contributed by atoms with Gasteiger partial charge in [-0.3, -0.25) is 9.59 Å². The second kappa shape index (κ2) is 4.44. The van der Waals surface area contributed by atoms with Gasteiger partial charge in [0.2, 0.25) is 11.8 Å². The maximum Gasteiger partial charge on any atom is 0.224 e. The van der Waals surface area contributed by atoms with Crippen molar-refractivity contribution in [2.24, 2.45) is 16.9 Å². The van der Waals surface area contributed by atoms with E-state index in [0.717, 1.165) is 25.7 Å².